The lowest BCUT2D eigenvalue weighted by Gasteiger charge is -2.12. The topological polar surface area (TPSA) is 48.4 Å². The van der Waals surface area contributed by atoms with Crippen LogP contribution in [0.2, 0.25) is 0 Å². The number of esters is 1. The molecule has 1 rings (SSSR count). The van der Waals surface area contributed by atoms with Crippen LogP contribution in [0.4, 0.5) is 8.78 Å². The fraction of sp³-hybridized carbons (Fsp3) is 0.455. The van der Waals surface area contributed by atoms with Crippen LogP contribution in [0, 0.1) is 3.57 Å². The van der Waals surface area contributed by atoms with Crippen molar-refractivity contribution in [1.82, 2.24) is 4.98 Å². The highest BCUT2D eigenvalue weighted by Gasteiger charge is 2.21. The van der Waals surface area contributed by atoms with Gasteiger partial charge in [0.05, 0.1) is 20.1 Å². The van der Waals surface area contributed by atoms with Gasteiger partial charge in [0.2, 0.25) is 5.88 Å². The molecule has 7 heteroatoms. The molecule has 0 aliphatic heterocycles. The van der Waals surface area contributed by atoms with Crippen LogP contribution in [0.25, 0.3) is 0 Å². The van der Waals surface area contributed by atoms with Crippen LogP contribution < -0.4 is 4.74 Å². The average Bonchev–Trinajstić information content (AvgIpc) is 2.31. The minimum Gasteiger partial charge on any atom is -0.481 e. The minimum absolute atomic E-state index is 0.136. The number of aromatic nitrogens is 1. The van der Waals surface area contributed by atoms with Gasteiger partial charge in [-0.2, -0.15) is 0 Å². The van der Waals surface area contributed by atoms with Gasteiger partial charge in [-0.15, -0.1) is 0 Å². The standard InChI is InChI=1S/C11H12F2INO3/c1-3-18-8(16)4-6-9(14)7(10(12)13)5-15-11(6)17-2/h5,10H,3-4H2,1-2H3. The summed E-state index contributed by atoms with van der Waals surface area (Å²) in [4.78, 5) is 15.2. The fourth-order valence-corrected chi connectivity index (χ4v) is 2.16. The first-order chi connectivity index (χ1) is 8.51. The number of methoxy groups -OCH3 is 1. The van der Waals surface area contributed by atoms with Crippen molar-refractivity contribution in [2.75, 3.05) is 13.7 Å². The second-order valence-corrected chi connectivity index (χ2v) is 4.38. The second-order valence-electron chi connectivity index (χ2n) is 3.30. The number of hydrogen-bond acceptors (Lipinski definition) is 4. The van der Waals surface area contributed by atoms with Gasteiger partial charge >= 0.3 is 5.97 Å². The number of nitrogens with zero attached hydrogens (tertiary/aromatic N) is 1. The van der Waals surface area contributed by atoms with Gasteiger partial charge < -0.3 is 9.47 Å². The Kier molecular flexibility index (Phi) is 5.70. The Morgan fingerprint density at radius 3 is 2.72 bits per heavy atom. The predicted octanol–water partition coefficient (Wildman–Crippen LogP) is 2.74. The molecule has 0 saturated carbocycles. The van der Waals surface area contributed by atoms with E-state index in [2.05, 4.69) is 4.98 Å². The highest BCUT2D eigenvalue weighted by atomic mass is 127. The largest absolute Gasteiger partial charge is 0.481 e. The number of carbonyl (C=O) groups is 1. The van der Waals surface area contributed by atoms with E-state index in [4.69, 9.17) is 9.47 Å². The number of carbonyl (C=O) groups excluding carboxylic acids is 1. The van der Waals surface area contributed by atoms with Crippen LogP contribution in [0.5, 0.6) is 5.88 Å². The number of alkyl halides is 2. The van der Waals surface area contributed by atoms with Crippen LogP contribution in [-0.4, -0.2) is 24.7 Å². The Balaban J connectivity index is 3.13. The molecular weight excluding hydrogens is 359 g/mol. The maximum atomic E-state index is 12.7. The highest BCUT2D eigenvalue weighted by molar-refractivity contribution is 14.1. The summed E-state index contributed by atoms with van der Waals surface area (Å²) in [7, 11) is 1.37. The molecule has 1 heterocycles. The molecule has 0 unspecified atom stereocenters. The van der Waals surface area contributed by atoms with Gasteiger partial charge in [0, 0.05) is 20.9 Å². The van der Waals surface area contributed by atoms with Gasteiger partial charge in [0.1, 0.15) is 0 Å². The molecule has 100 valence electrons. The molecule has 0 saturated heterocycles. The smallest absolute Gasteiger partial charge is 0.310 e. The summed E-state index contributed by atoms with van der Waals surface area (Å²) in [5.74, 6) is -0.334. The zero-order chi connectivity index (χ0) is 13.7. The van der Waals surface area contributed by atoms with E-state index in [0.29, 0.717) is 5.56 Å². The predicted molar refractivity (Wildman–Crippen MR) is 68.8 cm³/mol. The summed E-state index contributed by atoms with van der Waals surface area (Å²) < 4.78 is 35.5. The summed E-state index contributed by atoms with van der Waals surface area (Å²) in [5.41, 5.74) is 0.116. The molecule has 0 bridgehead atoms. The zero-order valence-corrected chi connectivity index (χ0v) is 12.0. The Bertz CT molecular complexity index is 441. The molecular formula is C11H12F2INO3. The van der Waals surface area contributed by atoms with Crippen molar-refractivity contribution in [2.24, 2.45) is 0 Å². The summed E-state index contributed by atoms with van der Waals surface area (Å²) in [5, 5.41) is 0. The average molecular weight is 371 g/mol. The number of rotatable bonds is 5. The Morgan fingerprint density at radius 1 is 1.56 bits per heavy atom. The van der Waals surface area contributed by atoms with Gasteiger partial charge in [-0.25, -0.2) is 13.8 Å². The molecule has 1 aromatic heterocycles. The SMILES string of the molecule is CCOC(=O)Cc1c(OC)ncc(C(F)F)c1I. The maximum absolute atomic E-state index is 12.7. The summed E-state index contributed by atoms with van der Waals surface area (Å²) in [6.45, 7) is 1.91. The third-order valence-corrected chi connectivity index (χ3v) is 3.43. The van der Waals surface area contributed by atoms with Gasteiger partial charge in [-0.3, -0.25) is 4.79 Å². The number of ether oxygens (including phenoxy) is 2. The van der Waals surface area contributed by atoms with Crippen LogP contribution >= 0.6 is 22.6 Å². The quantitative estimate of drug-likeness (QED) is 0.590. The van der Waals surface area contributed by atoms with Crippen molar-refractivity contribution in [3.05, 3.63) is 20.9 Å². The van der Waals surface area contributed by atoms with Crippen LogP contribution in [0.15, 0.2) is 6.20 Å². The summed E-state index contributed by atoms with van der Waals surface area (Å²) in [6, 6.07) is 0. The van der Waals surface area contributed by atoms with Crippen LogP contribution in [0.1, 0.15) is 24.5 Å². The van der Waals surface area contributed by atoms with E-state index in [9.17, 15) is 13.6 Å². The van der Waals surface area contributed by atoms with Crippen molar-refractivity contribution in [2.45, 2.75) is 19.8 Å². The van der Waals surface area contributed by atoms with Crippen molar-refractivity contribution in [1.29, 1.82) is 0 Å². The van der Waals surface area contributed by atoms with E-state index in [1.54, 1.807) is 29.5 Å². The van der Waals surface area contributed by atoms with E-state index in [1.807, 2.05) is 0 Å². The monoisotopic (exact) mass is 371 g/mol. The lowest BCUT2D eigenvalue weighted by molar-refractivity contribution is -0.142. The third-order valence-electron chi connectivity index (χ3n) is 2.15. The zero-order valence-electron chi connectivity index (χ0n) is 9.87. The normalized spacial score (nSPS) is 10.6. The van der Waals surface area contributed by atoms with Crippen LogP contribution in [0.3, 0.4) is 0 Å². The number of halogens is 3. The van der Waals surface area contributed by atoms with Crippen molar-refractivity contribution in [3.63, 3.8) is 0 Å². The van der Waals surface area contributed by atoms with Crippen molar-refractivity contribution < 1.29 is 23.0 Å². The first-order valence-electron chi connectivity index (χ1n) is 5.16. The van der Waals surface area contributed by atoms with E-state index >= 15 is 0 Å². The summed E-state index contributed by atoms with van der Waals surface area (Å²) in [6.07, 6.45) is -1.72. The molecule has 0 aromatic carbocycles. The first kappa shape index (κ1) is 15.1. The molecule has 18 heavy (non-hydrogen) atoms. The summed E-state index contributed by atoms with van der Waals surface area (Å²) >= 11 is 1.76. The van der Waals surface area contributed by atoms with Gasteiger partial charge in [0.15, 0.2) is 0 Å². The lowest BCUT2D eigenvalue weighted by Crippen LogP contribution is -2.12. The van der Waals surface area contributed by atoms with E-state index in [-0.39, 0.29) is 28.0 Å². The molecule has 0 amide bonds. The van der Waals surface area contributed by atoms with E-state index in [1.165, 1.54) is 7.11 Å². The van der Waals surface area contributed by atoms with Crippen molar-refractivity contribution >= 4 is 28.6 Å². The van der Waals surface area contributed by atoms with Gasteiger partial charge in [-0.05, 0) is 29.5 Å². The number of hydrogen-bond donors (Lipinski definition) is 0. The molecule has 1 aromatic rings. The molecule has 0 N–H and O–H groups in total. The molecule has 0 aliphatic rings. The molecule has 0 radical (unpaired) electrons. The van der Waals surface area contributed by atoms with Gasteiger partial charge in [0.25, 0.3) is 6.43 Å². The Morgan fingerprint density at radius 2 is 2.22 bits per heavy atom. The highest BCUT2D eigenvalue weighted by Crippen LogP contribution is 2.31. The minimum atomic E-state index is -2.64. The fourth-order valence-electron chi connectivity index (χ4n) is 1.37. The van der Waals surface area contributed by atoms with Crippen molar-refractivity contribution in [3.8, 4) is 5.88 Å². The van der Waals surface area contributed by atoms with E-state index < -0.39 is 12.4 Å². The molecule has 0 atom stereocenters. The van der Waals surface area contributed by atoms with Crippen LogP contribution in [-0.2, 0) is 16.0 Å². The molecule has 0 spiro atoms. The molecule has 0 fully saturated rings. The third kappa shape index (κ3) is 3.50. The molecule has 0 aliphatic carbocycles. The number of pyridine rings is 1. The second kappa shape index (κ2) is 6.81. The maximum Gasteiger partial charge on any atom is 0.310 e. The Hall–Kier alpha value is -0.990. The molecule has 4 nitrogen and oxygen atoms in total. The first-order valence-corrected chi connectivity index (χ1v) is 6.24. The Labute approximate surface area is 117 Å². The van der Waals surface area contributed by atoms with Gasteiger partial charge in [-0.1, -0.05) is 0 Å². The lowest BCUT2D eigenvalue weighted by atomic mass is 10.1. The van der Waals surface area contributed by atoms with E-state index in [0.717, 1.165) is 6.20 Å².